The van der Waals surface area contributed by atoms with Gasteiger partial charge < -0.3 is 25.8 Å². The second kappa shape index (κ2) is 5.24. The third kappa shape index (κ3) is 2.17. The number of thiocarbonyl (C=S) groups is 1. The molecule has 10 heteroatoms. The number of nitrogens with zero attached hydrogens (tertiary/aromatic N) is 4. The van der Waals surface area contributed by atoms with Gasteiger partial charge in [-0.15, -0.1) is 0 Å². The highest BCUT2D eigenvalue weighted by Crippen LogP contribution is 2.31. The van der Waals surface area contributed by atoms with Crippen LogP contribution in [0.5, 0.6) is 0 Å². The number of imidazole rings is 1. The Morgan fingerprint density at radius 3 is 2.71 bits per heavy atom. The van der Waals surface area contributed by atoms with Crippen LogP contribution in [-0.2, 0) is 4.74 Å². The van der Waals surface area contributed by atoms with E-state index in [0.717, 1.165) is 0 Å². The van der Waals surface area contributed by atoms with E-state index in [0.29, 0.717) is 16.9 Å². The van der Waals surface area contributed by atoms with Crippen molar-refractivity contribution in [1.82, 2.24) is 19.5 Å². The van der Waals surface area contributed by atoms with E-state index < -0.39 is 31.1 Å². The first-order chi connectivity index (χ1) is 10.0. The van der Waals surface area contributed by atoms with Gasteiger partial charge in [0, 0.05) is 0 Å². The van der Waals surface area contributed by atoms with E-state index in [-0.39, 0.29) is 4.99 Å². The van der Waals surface area contributed by atoms with Crippen molar-refractivity contribution in [3.8, 4) is 0 Å². The molecule has 0 saturated carbocycles. The summed E-state index contributed by atoms with van der Waals surface area (Å²) < 4.78 is 6.88. The smallest absolute Gasteiger partial charge is 0.166 e. The van der Waals surface area contributed by atoms with Crippen LogP contribution in [0, 0.1) is 0 Å². The van der Waals surface area contributed by atoms with E-state index >= 15 is 0 Å². The Labute approximate surface area is 124 Å². The van der Waals surface area contributed by atoms with Gasteiger partial charge in [-0.1, -0.05) is 12.2 Å². The van der Waals surface area contributed by atoms with Gasteiger partial charge in [0.1, 0.15) is 40.8 Å². The number of rotatable bonds is 3. The molecular weight excluding hydrogens is 298 g/mol. The van der Waals surface area contributed by atoms with Crippen LogP contribution in [0.4, 0.5) is 0 Å². The molecule has 21 heavy (non-hydrogen) atoms. The first-order valence-electron chi connectivity index (χ1n) is 6.14. The first-order valence-corrected chi connectivity index (χ1v) is 6.55. The number of aliphatic hydroxyl groups is 3. The fraction of sp³-hybridized carbons (Fsp3) is 0.455. The number of aromatic nitrogens is 4. The minimum Gasteiger partial charge on any atom is -0.394 e. The summed E-state index contributed by atoms with van der Waals surface area (Å²) in [6.07, 6.45) is -1.55. The molecule has 0 amide bonds. The lowest BCUT2D eigenvalue weighted by Gasteiger charge is -2.16. The van der Waals surface area contributed by atoms with Crippen molar-refractivity contribution in [1.29, 1.82) is 0 Å². The van der Waals surface area contributed by atoms with Gasteiger partial charge in [0.15, 0.2) is 11.9 Å². The Morgan fingerprint density at radius 1 is 1.33 bits per heavy atom. The van der Waals surface area contributed by atoms with Crippen molar-refractivity contribution in [2.75, 3.05) is 6.61 Å². The molecule has 1 aliphatic heterocycles. The van der Waals surface area contributed by atoms with Crippen molar-refractivity contribution in [2.24, 2.45) is 5.73 Å². The van der Waals surface area contributed by atoms with Crippen LogP contribution >= 0.6 is 12.2 Å². The number of hydrogen-bond acceptors (Lipinski definition) is 8. The van der Waals surface area contributed by atoms with Gasteiger partial charge in [0.05, 0.1) is 12.9 Å². The minimum atomic E-state index is -1.22. The Hall–Kier alpha value is -1.72. The second-order valence-corrected chi connectivity index (χ2v) is 5.08. The molecule has 4 unspecified atom stereocenters. The van der Waals surface area contributed by atoms with E-state index in [1.165, 1.54) is 17.2 Å². The van der Waals surface area contributed by atoms with Crippen LogP contribution in [0.3, 0.4) is 0 Å². The molecule has 4 atom stereocenters. The lowest BCUT2D eigenvalue weighted by Crippen LogP contribution is -2.33. The number of fused-ring (bicyclic) bond motifs is 1. The van der Waals surface area contributed by atoms with Crippen molar-refractivity contribution < 1.29 is 20.1 Å². The first kappa shape index (κ1) is 14.2. The van der Waals surface area contributed by atoms with Crippen LogP contribution in [0.1, 0.15) is 11.9 Å². The molecule has 0 aliphatic carbocycles. The van der Waals surface area contributed by atoms with Gasteiger partial charge in [0.25, 0.3) is 0 Å². The minimum absolute atomic E-state index is 0.0776. The summed E-state index contributed by atoms with van der Waals surface area (Å²) in [4.78, 5) is 12.3. The SMILES string of the molecule is NC(=S)c1ncnc2c1ncn2C1OC(CO)C(O)C1O. The molecule has 0 radical (unpaired) electrons. The molecule has 112 valence electrons. The molecular formula is C11H13N5O4S. The summed E-state index contributed by atoms with van der Waals surface area (Å²) in [5.74, 6) is 0. The molecule has 1 saturated heterocycles. The summed E-state index contributed by atoms with van der Waals surface area (Å²) in [6.45, 7) is -0.408. The summed E-state index contributed by atoms with van der Waals surface area (Å²) >= 11 is 4.90. The molecule has 0 aromatic carbocycles. The van der Waals surface area contributed by atoms with Crippen LogP contribution < -0.4 is 5.73 Å². The number of aliphatic hydroxyl groups excluding tert-OH is 3. The summed E-state index contributed by atoms with van der Waals surface area (Å²) in [5, 5.41) is 29.0. The normalized spacial score (nSPS) is 29.1. The molecule has 1 aliphatic rings. The van der Waals surface area contributed by atoms with Crippen LogP contribution in [0.25, 0.3) is 11.2 Å². The molecule has 1 fully saturated rings. The molecule has 3 heterocycles. The Bertz CT molecular complexity index is 692. The Morgan fingerprint density at radius 2 is 2.10 bits per heavy atom. The van der Waals surface area contributed by atoms with E-state index in [1.54, 1.807) is 0 Å². The standard InChI is InChI=1S/C11H13N5O4S/c12-9(21)5-6-10(14-2-13-5)16(3-15-6)11-8(19)7(18)4(1-17)20-11/h2-4,7-8,11,17-19H,1H2,(H2,12,21). The summed E-state index contributed by atoms with van der Waals surface area (Å²) in [5.41, 5.74) is 6.63. The average Bonchev–Trinajstić information content (AvgIpc) is 3.01. The van der Waals surface area contributed by atoms with Gasteiger partial charge in [0.2, 0.25) is 0 Å². The number of ether oxygens (including phenoxy) is 1. The van der Waals surface area contributed by atoms with Gasteiger partial charge >= 0.3 is 0 Å². The van der Waals surface area contributed by atoms with Crippen LogP contribution in [0.15, 0.2) is 12.7 Å². The predicted molar refractivity (Wildman–Crippen MR) is 74.2 cm³/mol. The maximum absolute atomic E-state index is 10.0. The molecule has 3 rings (SSSR count). The predicted octanol–water partition coefficient (Wildman–Crippen LogP) is -1.93. The highest BCUT2D eigenvalue weighted by atomic mass is 32.1. The Kier molecular flexibility index (Phi) is 3.55. The highest BCUT2D eigenvalue weighted by Gasteiger charge is 2.44. The molecule has 0 spiro atoms. The second-order valence-electron chi connectivity index (χ2n) is 4.64. The highest BCUT2D eigenvalue weighted by molar-refractivity contribution is 7.80. The average molecular weight is 311 g/mol. The van der Waals surface area contributed by atoms with Crippen molar-refractivity contribution >= 4 is 28.4 Å². The van der Waals surface area contributed by atoms with Gasteiger partial charge in [-0.3, -0.25) is 4.57 Å². The van der Waals surface area contributed by atoms with Crippen molar-refractivity contribution in [3.63, 3.8) is 0 Å². The van der Waals surface area contributed by atoms with E-state index in [1.807, 2.05) is 0 Å². The number of nitrogens with two attached hydrogens (primary N) is 1. The van der Waals surface area contributed by atoms with Crippen molar-refractivity contribution in [3.05, 3.63) is 18.3 Å². The largest absolute Gasteiger partial charge is 0.394 e. The topological polar surface area (TPSA) is 140 Å². The fourth-order valence-corrected chi connectivity index (χ4v) is 2.48. The molecule has 5 N–H and O–H groups in total. The zero-order valence-electron chi connectivity index (χ0n) is 10.7. The van der Waals surface area contributed by atoms with Gasteiger partial charge in [-0.2, -0.15) is 0 Å². The van der Waals surface area contributed by atoms with Crippen LogP contribution in [0.2, 0.25) is 0 Å². The molecule has 2 aromatic rings. The summed E-state index contributed by atoms with van der Waals surface area (Å²) in [6, 6.07) is 0. The lowest BCUT2D eigenvalue weighted by molar-refractivity contribution is -0.0511. The zero-order valence-corrected chi connectivity index (χ0v) is 11.5. The molecule has 0 bridgehead atoms. The lowest BCUT2D eigenvalue weighted by atomic mass is 10.1. The molecule has 9 nitrogen and oxygen atoms in total. The van der Waals surface area contributed by atoms with E-state index in [9.17, 15) is 10.2 Å². The quantitative estimate of drug-likeness (QED) is 0.477. The fourth-order valence-electron chi connectivity index (χ4n) is 2.33. The Balaban J connectivity index is 2.06. The van der Waals surface area contributed by atoms with Gasteiger partial charge in [-0.25, -0.2) is 15.0 Å². The maximum atomic E-state index is 10.0. The third-order valence-electron chi connectivity index (χ3n) is 3.38. The number of hydrogen-bond donors (Lipinski definition) is 4. The van der Waals surface area contributed by atoms with Crippen molar-refractivity contribution in [2.45, 2.75) is 24.5 Å². The maximum Gasteiger partial charge on any atom is 0.166 e. The van der Waals surface area contributed by atoms with Gasteiger partial charge in [-0.05, 0) is 0 Å². The molecule has 2 aromatic heterocycles. The zero-order chi connectivity index (χ0) is 15.1. The van der Waals surface area contributed by atoms with E-state index in [2.05, 4.69) is 15.0 Å². The summed E-state index contributed by atoms with van der Waals surface area (Å²) in [7, 11) is 0. The monoisotopic (exact) mass is 311 g/mol. The van der Waals surface area contributed by atoms with Crippen LogP contribution in [-0.4, -0.2) is 64.7 Å². The third-order valence-corrected chi connectivity index (χ3v) is 3.58. The van der Waals surface area contributed by atoms with E-state index in [4.69, 9.17) is 27.8 Å².